The summed E-state index contributed by atoms with van der Waals surface area (Å²) in [4.78, 5) is 19.5. The average Bonchev–Trinajstić information content (AvgIpc) is 3.09. The van der Waals surface area contributed by atoms with E-state index < -0.39 is 0 Å². The van der Waals surface area contributed by atoms with Gasteiger partial charge < -0.3 is 9.47 Å². The SMILES string of the molecule is Cc1nc2ccccc2n1CC1CC(C(=O)N2CCCCCC2)NN1. The number of likely N-dealkylation sites (tertiary alicyclic amines) is 1. The fourth-order valence-corrected chi connectivity index (χ4v) is 4.06. The van der Waals surface area contributed by atoms with Crippen LogP contribution >= 0.6 is 0 Å². The van der Waals surface area contributed by atoms with Gasteiger partial charge in [-0.2, -0.15) is 0 Å². The Morgan fingerprint density at radius 2 is 1.92 bits per heavy atom. The lowest BCUT2D eigenvalue weighted by Crippen LogP contribution is -2.46. The van der Waals surface area contributed by atoms with Crippen LogP contribution in [0, 0.1) is 6.92 Å². The fraction of sp³-hybridized carbons (Fsp3) is 0.579. The van der Waals surface area contributed by atoms with Crippen molar-refractivity contribution in [3.63, 3.8) is 0 Å². The Kier molecular flexibility index (Phi) is 4.72. The number of fused-ring (bicyclic) bond motifs is 1. The lowest BCUT2D eigenvalue weighted by Gasteiger charge is -2.23. The second-order valence-corrected chi connectivity index (χ2v) is 7.27. The van der Waals surface area contributed by atoms with Gasteiger partial charge in [0.15, 0.2) is 0 Å². The first-order chi connectivity index (χ1) is 12.2. The van der Waals surface area contributed by atoms with Gasteiger partial charge in [-0.1, -0.05) is 25.0 Å². The third-order valence-corrected chi connectivity index (χ3v) is 5.45. The third-order valence-electron chi connectivity index (χ3n) is 5.45. The summed E-state index contributed by atoms with van der Waals surface area (Å²) in [6, 6.07) is 8.34. The highest BCUT2D eigenvalue weighted by molar-refractivity contribution is 5.82. The Hall–Kier alpha value is -1.92. The molecule has 0 radical (unpaired) electrons. The van der Waals surface area contributed by atoms with E-state index in [-0.39, 0.29) is 18.0 Å². The van der Waals surface area contributed by atoms with E-state index in [4.69, 9.17) is 0 Å². The molecule has 0 bridgehead atoms. The molecular formula is C19H27N5O. The van der Waals surface area contributed by atoms with Crippen LogP contribution in [0.2, 0.25) is 0 Å². The molecule has 2 aliphatic rings. The lowest BCUT2D eigenvalue weighted by molar-refractivity contribution is -0.133. The number of carbonyl (C=O) groups is 1. The van der Waals surface area contributed by atoms with E-state index in [1.807, 2.05) is 30.0 Å². The predicted molar refractivity (Wildman–Crippen MR) is 98.0 cm³/mol. The molecule has 0 aliphatic carbocycles. The van der Waals surface area contributed by atoms with Crippen LogP contribution in [0.15, 0.2) is 24.3 Å². The summed E-state index contributed by atoms with van der Waals surface area (Å²) in [5, 5.41) is 0. The van der Waals surface area contributed by atoms with Crippen molar-refractivity contribution in [1.29, 1.82) is 0 Å². The van der Waals surface area contributed by atoms with Crippen molar-refractivity contribution >= 4 is 16.9 Å². The van der Waals surface area contributed by atoms with E-state index in [1.54, 1.807) is 0 Å². The minimum Gasteiger partial charge on any atom is -0.341 e. The summed E-state index contributed by atoms with van der Waals surface area (Å²) in [7, 11) is 0. The summed E-state index contributed by atoms with van der Waals surface area (Å²) >= 11 is 0. The molecule has 1 aromatic heterocycles. The van der Waals surface area contributed by atoms with E-state index in [0.717, 1.165) is 55.8 Å². The lowest BCUT2D eigenvalue weighted by atomic mass is 10.1. The molecule has 2 aliphatic heterocycles. The average molecular weight is 341 g/mol. The van der Waals surface area contributed by atoms with Crippen molar-refractivity contribution < 1.29 is 4.79 Å². The Morgan fingerprint density at radius 1 is 1.16 bits per heavy atom. The number of aromatic nitrogens is 2. The van der Waals surface area contributed by atoms with E-state index >= 15 is 0 Å². The van der Waals surface area contributed by atoms with Gasteiger partial charge in [0.25, 0.3) is 0 Å². The van der Waals surface area contributed by atoms with Crippen molar-refractivity contribution in [3.05, 3.63) is 30.1 Å². The van der Waals surface area contributed by atoms with Crippen LogP contribution in [0.4, 0.5) is 0 Å². The summed E-state index contributed by atoms with van der Waals surface area (Å²) in [5.74, 6) is 1.27. The first kappa shape index (κ1) is 16.5. The number of rotatable bonds is 3. The second kappa shape index (κ2) is 7.14. The van der Waals surface area contributed by atoms with Gasteiger partial charge >= 0.3 is 0 Å². The molecule has 0 saturated carbocycles. The molecule has 2 unspecified atom stereocenters. The van der Waals surface area contributed by atoms with Gasteiger partial charge in [0.2, 0.25) is 5.91 Å². The molecule has 1 amide bonds. The third kappa shape index (κ3) is 3.41. The number of aryl methyl sites for hydroxylation is 1. The number of hydrogen-bond donors (Lipinski definition) is 2. The number of nitrogens with zero attached hydrogens (tertiary/aromatic N) is 3. The maximum absolute atomic E-state index is 12.8. The Bertz CT molecular complexity index is 747. The number of benzene rings is 1. The van der Waals surface area contributed by atoms with Crippen LogP contribution in [0.3, 0.4) is 0 Å². The number of amides is 1. The highest BCUT2D eigenvalue weighted by Crippen LogP contribution is 2.19. The zero-order valence-electron chi connectivity index (χ0n) is 14.9. The second-order valence-electron chi connectivity index (χ2n) is 7.27. The summed E-state index contributed by atoms with van der Waals surface area (Å²) in [6.07, 6.45) is 5.58. The first-order valence-electron chi connectivity index (χ1n) is 9.44. The molecule has 3 heterocycles. The van der Waals surface area contributed by atoms with Crippen LogP contribution in [0.5, 0.6) is 0 Å². The number of hydrogen-bond acceptors (Lipinski definition) is 4. The normalized spacial score (nSPS) is 24.6. The quantitative estimate of drug-likeness (QED) is 0.896. The first-order valence-corrected chi connectivity index (χ1v) is 9.44. The molecule has 2 saturated heterocycles. The van der Waals surface area contributed by atoms with Crippen LogP contribution in [0.25, 0.3) is 11.0 Å². The topological polar surface area (TPSA) is 62.2 Å². The highest BCUT2D eigenvalue weighted by atomic mass is 16.2. The highest BCUT2D eigenvalue weighted by Gasteiger charge is 2.32. The molecule has 2 fully saturated rings. The number of imidazole rings is 1. The number of para-hydroxylation sites is 2. The summed E-state index contributed by atoms with van der Waals surface area (Å²) < 4.78 is 2.24. The Labute approximate surface area is 148 Å². The monoisotopic (exact) mass is 341 g/mol. The van der Waals surface area contributed by atoms with E-state index in [0.29, 0.717) is 0 Å². The van der Waals surface area contributed by atoms with Crippen molar-refractivity contribution in [2.45, 2.75) is 57.7 Å². The molecule has 4 rings (SSSR count). The molecule has 6 nitrogen and oxygen atoms in total. The van der Waals surface area contributed by atoms with Crippen LogP contribution in [-0.2, 0) is 11.3 Å². The summed E-state index contributed by atoms with van der Waals surface area (Å²) in [6.45, 7) is 4.69. The zero-order chi connectivity index (χ0) is 17.2. The smallest absolute Gasteiger partial charge is 0.241 e. The number of nitrogens with one attached hydrogen (secondary N) is 2. The molecule has 0 spiro atoms. The van der Waals surface area contributed by atoms with Crippen molar-refractivity contribution in [2.24, 2.45) is 0 Å². The molecule has 134 valence electrons. The molecule has 25 heavy (non-hydrogen) atoms. The van der Waals surface area contributed by atoms with Crippen LogP contribution in [-0.4, -0.2) is 45.5 Å². The van der Waals surface area contributed by atoms with Crippen LogP contribution in [0.1, 0.15) is 37.9 Å². The van der Waals surface area contributed by atoms with Gasteiger partial charge in [-0.15, -0.1) is 0 Å². The molecule has 1 aromatic carbocycles. The van der Waals surface area contributed by atoms with Gasteiger partial charge in [0.1, 0.15) is 11.9 Å². The van der Waals surface area contributed by atoms with Crippen molar-refractivity contribution in [2.75, 3.05) is 13.1 Å². The zero-order valence-corrected chi connectivity index (χ0v) is 14.9. The number of carbonyl (C=O) groups excluding carboxylic acids is 1. The minimum atomic E-state index is -0.113. The molecule has 2 atom stereocenters. The predicted octanol–water partition coefficient (Wildman–Crippen LogP) is 1.98. The maximum atomic E-state index is 12.8. The van der Waals surface area contributed by atoms with Gasteiger partial charge in [0.05, 0.1) is 11.0 Å². The van der Waals surface area contributed by atoms with Crippen LogP contribution < -0.4 is 10.9 Å². The maximum Gasteiger partial charge on any atom is 0.241 e. The molecule has 2 aromatic rings. The summed E-state index contributed by atoms with van der Waals surface area (Å²) in [5.41, 5.74) is 8.74. The van der Waals surface area contributed by atoms with E-state index in [9.17, 15) is 4.79 Å². The van der Waals surface area contributed by atoms with Crippen molar-refractivity contribution in [3.8, 4) is 0 Å². The van der Waals surface area contributed by atoms with E-state index in [2.05, 4.69) is 26.5 Å². The molecular weight excluding hydrogens is 314 g/mol. The molecule has 2 N–H and O–H groups in total. The van der Waals surface area contributed by atoms with Gasteiger partial charge in [0, 0.05) is 25.7 Å². The molecule has 6 heteroatoms. The largest absolute Gasteiger partial charge is 0.341 e. The Morgan fingerprint density at radius 3 is 2.72 bits per heavy atom. The minimum absolute atomic E-state index is 0.113. The standard InChI is InChI=1S/C19H27N5O/c1-14-20-16-8-4-5-9-18(16)24(14)13-15-12-17(22-21-15)19(25)23-10-6-2-3-7-11-23/h4-5,8-9,15,17,21-22H,2-3,6-7,10-13H2,1H3. The van der Waals surface area contributed by atoms with Gasteiger partial charge in [-0.25, -0.2) is 10.4 Å². The van der Waals surface area contributed by atoms with Gasteiger partial charge in [-0.05, 0) is 38.3 Å². The van der Waals surface area contributed by atoms with Gasteiger partial charge in [-0.3, -0.25) is 10.2 Å². The fourth-order valence-electron chi connectivity index (χ4n) is 4.06. The van der Waals surface area contributed by atoms with Crippen molar-refractivity contribution in [1.82, 2.24) is 25.3 Å². The number of hydrazine groups is 1. The Balaban J connectivity index is 1.42. The van der Waals surface area contributed by atoms with E-state index in [1.165, 1.54) is 12.8 Å².